The number of hydrogen-bond donors (Lipinski definition) is 2. The molecular formula is C14H15ClN2O2. The molecule has 0 amide bonds. The summed E-state index contributed by atoms with van der Waals surface area (Å²) in [5.74, 6) is 0.113. The fraction of sp³-hybridized carbons (Fsp3) is 0.357. The monoisotopic (exact) mass is 278 g/mol. The lowest BCUT2D eigenvalue weighted by Gasteiger charge is -2.30. The molecule has 100 valence electrons. The molecule has 1 aromatic carbocycles. The smallest absolute Gasteiger partial charge is 0.141 e. The summed E-state index contributed by atoms with van der Waals surface area (Å²) >= 11 is 6.08. The Hall–Kier alpha value is -1.36. The molecular weight excluding hydrogens is 264 g/mol. The number of halogens is 1. The van der Waals surface area contributed by atoms with Gasteiger partial charge in [-0.05, 0) is 37.1 Å². The predicted molar refractivity (Wildman–Crippen MR) is 73.5 cm³/mol. The van der Waals surface area contributed by atoms with Gasteiger partial charge in [0.25, 0.3) is 0 Å². The van der Waals surface area contributed by atoms with Crippen molar-refractivity contribution in [1.29, 1.82) is 0 Å². The van der Waals surface area contributed by atoms with Crippen LogP contribution >= 0.6 is 11.6 Å². The Morgan fingerprint density at radius 2 is 2.05 bits per heavy atom. The lowest BCUT2D eigenvalue weighted by molar-refractivity contribution is -0.144. The van der Waals surface area contributed by atoms with E-state index in [4.69, 9.17) is 11.6 Å². The average Bonchev–Trinajstić information content (AvgIpc) is 2.43. The Bertz CT molecular complexity index is 618. The van der Waals surface area contributed by atoms with Crippen molar-refractivity contribution in [3.05, 3.63) is 35.0 Å². The van der Waals surface area contributed by atoms with E-state index in [1.807, 2.05) is 12.1 Å². The highest BCUT2D eigenvalue weighted by molar-refractivity contribution is 6.35. The summed E-state index contributed by atoms with van der Waals surface area (Å²) in [5, 5.41) is 22.4. The Balaban J connectivity index is 2.08. The largest absolute Gasteiger partial charge is 0.506 e. The first kappa shape index (κ1) is 12.7. The Morgan fingerprint density at radius 1 is 1.21 bits per heavy atom. The molecule has 0 saturated carbocycles. The number of phenolic OH excluding ortho intramolecular Hbond substituents is 1. The number of fused-ring (bicyclic) bond motifs is 1. The van der Waals surface area contributed by atoms with Crippen LogP contribution in [0.25, 0.3) is 10.9 Å². The number of pyridine rings is 1. The number of phenols is 1. The molecule has 1 atom stereocenters. The van der Waals surface area contributed by atoms with Gasteiger partial charge in [0.1, 0.15) is 11.3 Å². The second-order valence-electron chi connectivity index (χ2n) is 4.87. The zero-order valence-electron chi connectivity index (χ0n) is 10.4. The summed E-state index contributed by atoms with van der Waals surface area (Å²) in [4.78, 5) is 4.47. The second-order valence-corrected chi connectivity index (χ2v) is 5.28. The molecule has 1 aliphatic heterocycles. The normalized spacial score (nSPS) is 20.8. The van der Waals surface area contributed by atoms with E-state index in [1.54, 1.807) is 12.1 Å². The van der Waals surface area contributed by atoms with Crippen LogP contribution in [0.5, 0.6) is 5.75 Å². The van der Waals surface area contributed by atoms with Gasteiger partial charge in [-0.2, -0.15) is 5.06 Å². The molecule has 19 heavy (non-hydrogen) atoms. The standard InChI is InChI=1S/C14H15ClN2O2/c15-10-5-7-13(18)14-9(10)4-6-11(16-14)12-3-1-2-8-17(12)19/h4-7,12,18-19H,1-3,8H2. The molecule has 0 spiro atoms. The second kappa shape index (κ2) is 4.96. The van der Waals surface area contributed by atoms with Gasteiger partial charge in [0.05, 0.1) is 16.8 Å². The van der Waals surface area contributed by atoms with E-state index in [0.29, 0.717) is 17.1 Å². The van der Waals surface area contributed by atoms with Crippen LogP contribution in [-0.4, -0.2) is 26.9 Å². The highest BCUT2D eigenvalue weighted by Gasteiger charge is 2.24. The third kappa shape index (κ3) is 2.27. The Labute approximate surface area is 116 Å². The number of hydrogen-bond acceptors (Lipinski definition) is 4. The van der Waals surface area contributed by atoms with Gasteiger partial charge in [-0.3, -0.25) is 0 Å². The first-order valence-electron chi connectivity index (χ1n) is 6.40. The van der Waals surface area contributed by atoms with Gasteiger partial charge in [-0.1, -0.05) is 18.0 Å². The maximum absolute atomic E-state index is 9.92. The summed E-state index contributed by atoms with van der Waals surface area (Å²) in [6.45, 7) is 0.659. The fourth-order valence-corrected chi connectivity index (χ4v) is 2.80. The molecule has 1 aliphatic rings. The zero-order chi connectivity index (χ0) is 13.4. The van der Waals surface area contributed by atoms with Crippen molar-refractivity contribution in [3.8, 4) is 5.75 Å². The molecule has 0 bridgehead atoms. The molecule has 2 aromatic rings. The number of aromatic hydroxyl groups is 1. The Morgan fingerprint density at radius 3 is 2.84 bits per heavy atom. The minimum absolute atomic E-state index is 0.100. The molecule has 2 N–H and O–H groups in total. The highest BCUT2D eigenvalue weighted by Crippen LogP contribution is 2.33. The van der Waals surface area contributed by atoms with E-state index in [-0.39, 0.29) is 11.8 Å². The Kier molecular flexibility index (Phi) is 3.31. The van der Waals surface area contributed by atoms with Gasteiger partial charge < -0.3 is 10.3 Å². The molecule has 1 unspecified atom stereocenters. The molecule has 1 aromatic heterocycles. The van der Waals surface area contributed by atoms with Crippen LogP contribution in [0.15, 0.2) is 24.3 Å². The van der Waals surface area contributed by atoms with E-state index in [1.165, 1.54) is 5.06 Å². The molecule has 1 saturated heterocycles. The van der Waals surface area contributed by atoms with Crippen molar-refractivity contribution in [1.82, 2.24) is 10.0 Å². The van der Waals surface area contributed by atoms with E-state index in [2.05, 4.69) is 4.98 Å². The van der Waals surface area contributed by atoms with Crippen LogP contribution in [0.3, 0.4) is 0 Å². The highest BCUT2D eigenvalue weighted by atomic mass is 35.5. The number of piperidine rings is 1. The maximum atomic E-state index is 9.92. The van der Waals surface area contributed by atoms with Crippen LogP contribution in [0.2, 0.25) is 5.02 Å². The van der Waals surface area contributed by atoms with Crippen LogP contribution in [0.1, 0.15) is 31.0 Å². The predicted octanol–water partition coefficient (Wildman–Crippen LogP) is 3.51. The zero-order valence-corrected chi connectivity index (χ0v) is 11.1. The number of aromatic nitrogens is 1. The van der Waals surface area contributed by atoms with Crippen molar-refractivity contribution in [2.24, 2.45) is 0 Å². The number of rotatable bonds is 1. The summed E-state index contributed by atoms with van der Waals surface area (Å²) in [6, 6.07) is 6.81. The average molecular weight is 279 g/mol. The molecule has 1 fully saturated rings. The van der Waals surface area contributed by atoms with Gasteiger partial charge in [-0.15, -0.1) is 0 Å². The van der Waals surface area contributed by atoms with Gasteiger partial charge in [0.15, 0.2) is 0 Å². The number of hydroxylamine groups is 2. The van der Waals surface area contributed by atoms with E-state index in [0.717, 1.165) is 30.3 Å². The molecule has 5 heteroatoms. The van der Waals surface area contributed by atoms with Gasteiger partial charge in [0.2, 0.25) is 0 Å². The summed E-state index contributed by atoms with van der Waals surface area (Å²) < 4.78 is 0. The molecule has 0 radical (unpaired) electrons. The molecule has 3 rings (SSSR count). The van der Waals surface area contributed by atoms with E-state index >= 15 is 0 Å². The maximum Gasteiger partial charge on any atom is 0.141 e. The van der Waals surface area contributed by atoms with Crippen LogP contribution in [0.4, 0.5) is 0 Å². The lowest BCUT2D eigenvalue weighted by Crippen LogP contribution is -2.30. The van der Waals surface area contributed by atoms with Crippen LogP contribution in [0, 0.1) is 0 Å². The minimum Gasteiger partial charge on any atom is -0.506 e. The summed E-state index contributed by atoms with van der Waals surface area (Å²) in [5.41, 5.74) is 1.26. The van der Waals surface area contributed by atoms with Crippen molar-refractivity contribution in [3.63, 3.8) is 0 Å². The molecule has 2 heterocycles. The van der Waals surface area contributed by atoms with E-state index in [9.17, 15) is 10.3 Å². The van der Waals surface area contributed by atoms with Crippen molar-refractivity contribution in [2.45, 2.75) is 25.3 Å². The topological polar surface area (TPSA) is 56.6 Å². The third-order valence-electron chi connectivity index (χ3n) is 3.62. The molecule has 4 nitrogen and oxygen atoms in total. The lowest BCUT2D eigenvalue weighted by atomic mass is 10.0. The van der Waals surface area contributed by atoms with Gasteiger partial charge >= 0.3 is 0 Å². The number of nitrogens with zero attached hydrogens (tertiary/aromatic N) is 2. The summed E-state index contributed by atoms with van der Waals surface area (Å²) in [6.07, 6.45) is 2.94. The minimum atomic E-state index is -0.100. The third-order valence-corrected chi connectivity index (χ3v) is 3.95. The number of benzene rings is 1. The van der Waals surface area contributed by atoms with Crippen molar-refractivity contribution in [2.75, 3.05) is 6.54 Å². The molecule has 0 aliphatic carbocycles. The van der Waals surface area contributed by atoms with Gasteiger partial charge in [0, 0.05) is 11.9 Å². The first-order chi connectivity index (χ1) is 9.16. The fourth-order valence-electron chi connectivity index (χ4n) is 2.59. The van der Waals surface area contributed by atoms with Crippen molar-refractivity contribution < 1.29 is 10.3 Å². The SMILES string of the molecule is Oc1ccc(Cl)c2ccc(C3CCCCN3O)nc12. The van der Waals surface area contributed by atoms with Crippen LogP contribution in [-0.2, 0) is 0 Å². The van der Waals surface area contributed by atoms with Crippen LogP contribution < -0.4 is 0 Å². The quantitative estimate of drug-likeness (QED) is 0.838. The van der Waals surface area contributed by atoms with Gasteiger partial charge in [-0.25, -0.2) is 4.98 Å². The first-order valence-corrected chi connectivity index (χ1v) is 6.78. The van der Waals surface area contributed by atoms with Crippen molar-refractivity contribution >= 4 is 22.5 Å². The summed E-state index contributed by atoms with van der Waals surface area (Å²) in [7, 11) is 0. The van der Waals surface area contributed by atoms with E-state index < -0.39 is 0 Å².